The molecule has 1 aliphatic rings. The molecule has 1 aliphatic carbocycles. The van der Waals surface area contributed by atoms with Gasteiger partial charge >= 0.3 is 0 Å². The number of amides is 1. The summed E-state index contributed by atoms with van der Waals surface area (Å²) < 4.78 is 2.00. The molecule has 1 aromatic heterocycles. The van der Waals surface area contributed by atoms with Crippen molar-refractivity contribution in [3.63, 3.8) is 0 Å². The van der Waals surface area contributed by atoms with Crippen molar-refractivity contribution >= 4 is 5.91 Å². The normalized spacial score (nSPS) is 17.0. The zero-order valence-electron chi connectivity index (χ0n) is 14.5. The summed E-state index contributed by atoms with van der Waals surface area (Å²) in [6, 6.07) is 10.3. The lowest BCUT2D eigenvalue weighted by Gasteiger charge is -2.17. The largest absolute Gasteiger partial charge is 0.354 e. The van der Waals surface area contributed by atoms with Gasteiger partial charge in [-0.25, -0.2) is 0 Å². The summed E-state index contributed by atoms with van der Waals surface area (Å²) in [4.78, 5) is 12.2. The molecule has 0 fully saturated rings. The first kappa shape index (κ1) is 16.5. The van der Waals surface area contributed by atoms with Crippen LogP contribution in [-0.2, 0) is 11.3 Å². The van der Waals surface area contributed by atoms with Crippen LogP contribution in [0.2, 0.25) is 0 Å². The van der Waals surface area contributed by atoms with Gasteiger partial charge in [0.1, 0.15) is 0 Å². The zero-order chi connectivity index (χ0) is 16.9. The molecule has 1 atom stereocenters. The van der Waals surface area contributed by atoms with E-state index in [-0.39, 0.29) is 11.8 Å². The van der Waals surface area contributed by atoms with Gasteiger partial charge in [0.15, 0.2) is 0 Å². The Kier molecular flexibility index (Phi) is 5.14. The summed E-state index contributed by atoms with van der Waals surface area (Å²) in [5, 5.41) is 7.71. The van der Waals surface area contributed by atoms with Gasteiger partial charge < -0.3 is 5.32 Å². The Morgan fingerprint density at radius 3 is 2.75 bits per heavy atom. The van der Waals surface area contributed by atoms with Crippen molar-refractivity contribution in [3.05, 3.63) is 53.9 Å². The number of carbonyl (C=O) groups excluding carboxylic acids is 1. The summed E-state index contributed by atoms with van der Waals surface area (Å²) in [6.45, 7) is 5.46. The van der Waals surface area contributed by atoms with Crippen LogP contribution in [0.15, 0.2) is 42.5 Å². The lowest BCUT2D eigenvalue weighted by atomic mass is 9.94. The lowest BCUT2D eigenvalue weighted by Crippen LogP contribution is -2.33. The summed E-state index contributed by atoms with van der Waals surface area (Å²) in [6.07, 6.45) is 7.10. The van der Waals surface area contributed by atoms with E-state index in [2.05, 4.69) is 41.6 Å². The minimum absolute atomic E-state index is 0.135. The van der Waals surface area contributed by atoms with Crippen LogP contribution in [0.4, 0.5) is 0 Å². The number of allylic oxidation sites excluding steroid dienone is 2. The Morgan fingerprint density at radius 1 is 1.25 bits per heavy atom. The van der Waals surface area contributed by atoms with Crippen LogP contribution in [0.3, 0.4) is 0 Å². The van der Waals surface area contributed by atoms with Crippen LogP contribution in [0.1, 0.15) is 30.7 Å². The minimum Gasteiger partial charge on any atom is -0.354 e. The smallest absolute Gasteiger partial charge is 0.223 e. The van der Waals surface area contributed by atoms with E-state index in [1.54, 1.807) is 0 Å². The quantitative estimate of drug-likeness (QED) is 0.854. The number of benzene rings is 1. The Morgan fingerprint density at radius 2 is 2.04 bits per heavy atom. The summed E-state index contributed by atoms with van der Waals surface area (Å²) >= 11 is 0. The predicted octanol–water partition coefficient (Wildman–Crippen LogP) is 3.64. The molecule has 126 valence electrons. The molecular formula is C20H25N3O. The maximum absolute atomic E-state index is 12.2. The van der Waals surface area contributed by atoms with Crippen molar-refractivity contribution < 1.29 is 4.79 Å². The molecule has 3 rings (SSSR count). The molecule has 0 unspecified atom stereocenters. The van der Waals surface area contributed by atoms with Crippen molar-refractivity contribution in [2.24, 2.45) is 5.92 Å². The molecule has 0 spiro atoms. The minimum atomic E-state index is 0.135. The molecule has 0 aliphatic heterocycles. The summed E-state index contributed by atoms with van der Waals surface area (Å²) in [5.41, 5.74) is 4.56. The maximum Gasteiger partial charge on any atom is 0.223 e. The fourth-order valence-electron chi connectivity index (χ4n) is 3.40. The molecular weight excluding hydrogens is 298 g/mol. The number of hydrogen-bond acceptors (Lipinski definition) is 2. The van der Waals surface area contributed by atoms with Gasteiger partial charge in [-0.3, -0.25) is 9.48 Å². The van der Waals surface area contributed by atoms with E-state index >= 15 is 0 Å². The number of rotatable bonds is 5. The highest BCUT2D eigenvalue weighted by molar-refractivity contribution is 5.78. The van der Waals surface area contributed by atoms with Crippen molar-refractivity contribution in [1.29, 1.82) is 0 Å². The van der Waals surface area contributed by atoms with E-state index in [1.165, 1.54) is 11.1 Å². The lowest BCUT2D eigenvalue weighted by molar-refractivity contribution is -0.125. The highest BCUT2D eigenvalue weighted by atomic mass is 16.1. The molecule has 24 heavy (non-hydrogen) atoms. The monoisotopic (exact) mass is 323 g/mol. The van der Waals surface area contributed by atoms with Gasteiger partial charge in [-0.05, 0) is 38.7 Å². The van der Waals surface area contributed by atoms with Crippen LogP contribution < -0.4 is 5.32 Å². The Labute approximate surface area is 143 Å². The molecule has 1 N–H and O–H groups in total. The van der Waals surface area contributed by atoms with Gasteiger partial charge in [0, 0.05) is 23.7 Å². The van der Waals surface area contributed by atoms with Crippen molar-refractivity contribution in [1.82, 2.24) is 15.1 Å². The Hall–Kier alpha value is -2.36. The molecule has 0 radical (unpaired) electrons. The third-order valence-corrected chi connectivity index (χ3v) is 4.71. The maximum atomic E-state index is 12.2. The fraction of sp³-hybridized carbons (Fsp3) is 0.400. The van der Waals surface area contributed by atoms with Crippen molar-refractivity contribution in [3.8, 4) is 11.1 Å². The molecule has 2 aromatic rings. The van der Waals surface area contributed by atoms with Crippen molar-refractivity contribution in [2.75, 3.05) is 6.54 Å². The number of nitrogens with one attached hydrogen (secondary N) is 1. The average molecular weight is 323 g/mol. The van der Waals surface area contributed by atoms with E-state index in [1.807, 2.05) is 29.8 Å². The first-order valence-corrected chi connectivity index (χ1v) is 8.69. The molecule has 1 aromatic carbocycles. The van der Waals surface area contributed by atoms with Crippen LogP contribution in [0.25, 0.3) is 11.1 Å². The second-order valence-electron chi connectivity index (χ2n) is 6.41. The van der Waals surface area contributed by atoms with E-state index in [9.17, 15) is 4.79 Å². The number of hydrogen-bond donors (Lipinski definition) is 1. The Bertz CT molecular complexity index is 731. The van der Waals surface area contributed by atoms with E-state index in [0.717, 1.165) is 30.7 Å². The second kappa shape index (κ2) is 7.47. The van der Waals surface area contributed by atoms with E-state index < -0.39 is 0 Å². The Balaban J connectivity index is 1.62. The fourth-order valence-corrected chi connectivity index (χ4v) is 3.40. The standard InChI is InChI=1S/C20H25N3O/c1-15-19(17-9-5-3-6-10-17)16(2)23(22-15)14-13-21-20(24)18-11-7-4-8-12-18/h3-7,9-10,18H,8,11-14H2,1-2H3,(H,21,24)/t18-/m0/s1. The molecule has 4 nitrogen and oxygen atoms in total. The molecule has 0 bridgehead atoms. The van der Waals surface area contributed by atoms with E-state index in [4.69, 9.17) is 0 Å². The number of aryl methyl sites for hydroxylation is 1. The van der Waals surface area contributed by atoms with Crippen molar-refractivity contribution in [2.45, 2.75) is 39.7 Å². The van der Waals surface area contributed by atoms with Crippen LogP contribution in [-0.4, -0.2) is 22.2 Å². The topological polar surface area (TPSA) is 46.9 Å². The van der Waals surface area contributed by atoms with Crippen LogP contribution in [0.5, 0.6) is 0 Å². The van der Waals surface area contributed by atoms with Gasteiger partial charge in [0.05, 0.1) is 12.2 Å². The molecule has 0 saturated heterocycles. The van der Waals surface area contributed by atoms with Gasteiger partial charge in [-0.1, -0.05) is 42.5 Å². The molecule has 0 saturated carbocycles. The third-order valence-electron chi connectivity index (χ3n) is 4.71. The first-order valence-electron chi connectivity index (χ1n) is 8.69. The van der Waals surface area contributed by atoms with Gasteiger partial charge in [0.25, 0.3) is 0 Å². The number of nitrogens with zero attached hydrogens (tertiary/aromatic N) is 2. The van der Waals surface area contributed by atoms with Gasteiger partial charge in [0.2, 0.25) is 5.91 Å². The summed E-state index contributed by atoms with van der Waals surface area (Å²) in [7, 11) is 0. The summed E-state index contributed by atoms with van der Waals surface area (Å²) in [5.74, 6) is 0.305. The van der Waals surface area contributed by atoms with E-state index in [0.29, 0.717) is 13.1 Å². The van der Waals surface area contributed by atoms with Crippen LogP contribution in [0, 0.1) is 19.8 Å². The average Bonchev–Trinajstić information content (AvgIpc) is 2.90. The SMILES string of the molecule is Cc1nn(CCNC(=O)[C@H]2CC=CCC2)c(C)c1-c1ccccc1. The highest BCUT2D eigenvalue weighted by Crippen LogP contribution is 2.26. The first-order chi connectivity index (χ1) is 11.7. The second-order valence-corrected chi connectivity index (χ2v) is 6.41. The van der Waals surface area contributed by atoms with Crippen LogP contribution >= 0.6 is 0 Å². The molecule has 1 amide bonds. The highest BCUT2D eigenvalue weighted by Gasteiger charge is 2.18. The predicted molar refractivity (Wildman–Crippen MR) is 96.6 cm³/mol. The third kappa shape index (κ3) is 3.58. The number of carbonyl (C=O) groups is 1. The number of aromatic nitrogens is 2. The molecule has 4 heteroatoms. The van der Waals surface area contributed by atoms with Gasteiger partial charge in [-0.2, -0.15) is 5.10 Å². The molecule has 1 heterocycles. The van der Waals surface area contributed by atoms with Gasteiger partial charge in [-0.15, -0.1) is 0 Å². The zero-order valence-corrected chi connectivity index (χ0v) is 14.5.